The summed E-state index contributed by atoms with van der Waals surface area (Å²) < 4.78 is 0. The summed E-state index contributed by atoms with van der Waals surface area (Å²) in [5.41, 5.74) is 2.12. The lowest BCUT2D eigenvalue weighted by atomic mass is 9.91. The van der Waals surface area contributed by atoms with E-state index in [4.69, 9.17) is 0 Å². The van der Waals surface area contributed by atoms with E-state index in [-0.39, 0.29) is 11.8 Å². The van der Waals surface area contributed by atoms with E-state index >= 15 is 0 Å². The van der Waals surface area contributed by atoms with Crippen LogP contribution < -0.4 is 0 Å². The van der Waals surface area contributed by atoms with Crippen LogP contribution in [0.2, 0.25) is 0 Å². The number of hydrogen-bond acceptors (Lipinski definition) is 3. The standard InChI is InChI=1S/C24H31N3O2/c1-26(19-21-7-3-2-4-8-21)23(28)12-10-20-14-17-27(18-15-20)24(29)13-11-22-9-5-6-16-25-22/h2-9,16,20H,10-15,17-19H2,1H3. The number of likely N-dealkylation sites (tertiary alicyclic amines) is 1. The van der Waals surface area contributed by atoms with Crippen molar-refractivity contribution in [3.63, 3.8) is 0 Å². The predicted octanol–water partition coefficient (Wildman–Crippen LogP) is 3.69. The Balaban J connectivity index is 1.34. The van der Waals surface area contributed by atoms with Crippen LogP contribution in [-0.4, -0.2) is 46.7 Å². The average molecular weight is 394 g/mol. The topological polar surface area (TPSA) is 53.5 Å². The van der Waals surface area contributed by atoms with E-state index in [1.54, 1.807) is 6.20 Å². The van der Waals surface area contributed by atoms with Crippen LogP contribution in [0.5, 0.6) is 0 Å². The van der Waals surface area contributed by atoms with Crippen molar-refractivity contribution in [1.82, 2.24) is 14.8 Å². The van der Waals surface area contributed by atoms with E-state index in [0.717, 1.165) is 43.6 Å². The zero-order valence-corrected chi connectivity index (χ0v) is 17.3. The van der Waals surface area contributed by atoms with Gasteiger partial charge in [-0.2, -0.15) is 0 Å². The number of benzene rings is 1. The molecule has 154 valence electrons. The fourth-order valence-electron chi connectivity index (χ4n) is 3.87. The summed E-state index contributed by atoms with van der Waals surface area (Å²) in [4.78, 5) is 33.0. The third-order valence-corrected chi connectivity index (χ3v) is 5.74. The Kier molecular flexibility index (Phi) is 7.79. The SMILES string of the molecule is CN(Cc1ccccc1)C(=O)CCC1CCN(C(=O)CCc2ccccn2)CC1. The molecule has 1 aromatic heterocycles. The van der Waals surface area contributed by atoms with Gasteiger partial charge in [0.2, 0.25) is 11.8 Å². The Morgan fingerprint density at radius 2 is 1.76 bits per heavy atom. The molecular weight excluding hydrogens is 362 g/mol. The number of carbonyl (C=O) groups is 2. The highest BCUT2D eigenvalue weighted by molar-refractivity contribution is 5.76. The number of pyridine rings is 1. The Morgan fingerprint density at radius 3 is 2.45 bits per heavy atom. The fourth-order valence-corrected chi connectivity index (χ4v) is 3.87. The van der Waals surface area contributed by atoms with Gasteiger partial charge in [-0.15, -0.1) is 0 Å². The molecule has 1 fully saturated rings. The van der Waals surface area contributed by atoms with E-state index in [1.165, 1.54) is 0 Å². The summed E-state index contributed by atoms with van der Waals surface area (Å²) in [6, 6.07) is 15.9. The summed E-state index contributed by atoms with van der Waals surface area (Å²) in [5.74, 6) is 0.944. The highest BCUT2D eigenvalue weighted by Crippen LogP contribution is 2.23. The molecule has 0 aliphatic carbocycles. The lowest BCUT2D eigenvalue weighted by molar-refractivity contribution is -0.133. The first-order chi connectivity index (χ1) is 14.1. The van der Waals surface area contributed by atoms with Crippen molar-refractivity contribution in [2.45, 2.75) is 45.1 Å². The monoisotopic (exact) mass is 393 g/mol. The van der Waals surface area contributed by atoms with Gasteiger partial charge in [0.15, 0.2) is 0 Å². The van der Waals surface area contributed by atoms with Crippen molar-refractivity contribution in [3.8, 4) is 0 Å². The smallest absolute Gasteiger partial charge is 0.222 e. The maximum absolute atomic E-state index is 12.4. The zero-order valence-electron chi connectivity index (χ0n) is 17.3. The average Bonchev–Trinajstić information content (AvgIpc) is 2.77. The Bertz CT molecular complexity index is 771. The fraction of sp³-hybridized carbons (Fsp3) is 0.458. The number of nitrogens with zero attached hydrogens (tertiary/aromatic N) is 3. The second-order valence-corrected chi connectivity index (χ2v) is 7.92. The lowest BCUT2D eigenvalue weighted by Crippen LogP contribution is -2.38. The largest absolute Gasteiger partial charge is 0.343 e. The number of amides is 2. The van der Waals surface area contributed by atoms with Gasteiger partial charge in [0.05, 0.1) is 0 Å². The van der Waals surface area contributed by atoms with Crippen LogP contribution in [0.25, 0.3) is 0 Å². The molecule has 5 heteroatoms. The van der Waals surface area contributed by atoms with Crippen molar-refractivity contribution in [3.05, 3.63) is 66.0 Å². The molecule has 0 saturated carbocycles. The molecule has 1 aromatic carbocycles. The van der Waals surface area contributed by atoms with E-state index in [2.05, 4.69) is 4.98 Å². The van der Waals surface area contributed by atoms with Crippen LogP contribution in [0.4, 0.5) is 0 Å². The molecule has 0 unspecified atom stereocenters. The van der Waals surface area contributed by atoms with Crippen molar-refractivity contribution in [2.75, 3.05) is 20.1 Å². The molecule has 0 bridgehead atoms. The first-order valence-electron chi connectivity index (χ1n) is 10.6. The quantitative estimate of drug-likeness (QED) is 0.687. The molecule has 1 saturated heterocycles. The minimum atomic E-state index is 0.197. The summed E-state index contributed by atoms with van der Waals surface area (Å²) in [7, 11) is 1.87. The molecule has 1 aliphatic rings. The second-order valence-electron chi connectivity index (χ2n) is 7.92. The van der Waals surface area contributed by atoms with Gasteiger partial charge in [-0.25, -0.2) is 0 Å². The number of aryl methyl sites for hydroxylation is 1. The molecule has 2 amide bonds. The highest BCUT2D eigenvalue weighted by atomic mass is 16.2. The molecule has 1 aliphatic heterocycles. The van der Waals surface area contributed by atoms with Crippen LogP contribution in [0.1, 0.15) is 43.4 Å². The van der Waals surface area contributed by atoms with Crippen molar-refractivity contribution in [1.29, 1.82) is 0 Å². The minimum Gasteiger partial charge on any atom is -0.343 e. The molecule has 29 heavy (non-hydrogen) atoms. The summed E-state index contributed by atoms with van der Waals surface area (Å²) in [5, 5.41) is 0. The normalized spacial score (nSPS) is 14.6. The van der Waals surface area contributed by atoms with Gasteiger partial charge in [-0.3, -0.25) is 14.6 Å². The summed E-state index contributed by atoms with van der Waals surface area (Å²) in [6.45, 7) is 2.27. The van der Waals surface area contributed by atoms with Gasteiger partial charge in [-0.1, -0.05) is 36.4 Å². The molecule has 3 rings (SSSR count). The molecule has 0 atom stereocenters. The molecular formula is C24H31N3O2. The number of piperidine rings is 1. The number of hydrogen-bond donors (Lipinski definition) is 0. The summed E-state index contributed by atoms with van der Waals surface area (Å²) in [6.07, 6.45) is 6.46. The maximum atomic E-state index is 12.4. The number of aromatic nitrogens is 1. The number of carbonyl (C=O) groups excluding carboxylic acids is 2. The Morgan fingerprint density at radius 1 is 1.03 bits per heavy atom. The number of rotatable bonds is 8. The van der Waals surface area contributed by atoms with Gasteiger partial charge in [-0.05, 0) is 49.3 Å². The van der Waals surface area contributed by atoms with Gasteiger partial charge >= 0.3 is 0 Å². The molecule has 0 spiro atoms. The minimum absolute atomic E-state index is 0.197. The third kappa shape index (κ3) is 6.70. The zero-order chi connectivity index (χ0) is 20.5. The van der Waals surface area contributed by atoms with Gasteiger partial charge < -0.3 is 9.80 Å². The second kappa shape index (κ2) is 10.7. The van der Waals surface area contributed by atoms with Gasteiger partial charge in [0.25, 0.3) is 0 Å². The molecule has 0 radical (unpaired) electrons. The molecule has 0 N–H and O–H groups in total. The van der Waals surface area contributed by atoms with Crippen LogP contribution in [-0.2, 0) is 22.6 Å². The lowest BCUT2D eigenvalue weighted by Gasteiger charge is -2.32. The van der Waals surface area contributed by atoms with E-state index in [1.807, 2.05) is 65.4 Å². The molecule has 2 aromatic rings. The summed E-state index contributed by atoms with van der Waals surface area (Å²) >= 11 is 0. The third-order valence-electron chi connectivity index (χ3n) is 5.74. The first-order valence-corrected chi connectivity index (χ1v) is 10.6. The maximum Gasteiger partial charge on any atom is 0.222 e. The first kappa shape index (κ1) is 21.0. The van der Waals surface area contributed by atoms with Crippen LogP contribution in [0.15, 0.2) is 54.7 Å². The molecule has 2 heterocycles. The molecule has 5 nitrogen and oxygen atoms in total. The van der Waals surface area contributed by atoms with Crippen LogP contribution in [0, 0.1) is 5.92 Å². The van der Waals surface area contributed by atoms with E-state index in [0.29, 0.717) is 31.7 Å². The van der Waals surface area contributed by atoms with Crippen LogP contribution in [0.3, 0.4) is 0 Å². The Hall–Kier alpha value is -2.69. The van der Waals surface area contributed by atoms with Gasteiger partial charge in [0, 0.05) is 51.4 Å². The van der Waals surface area contributed by atoms with E-state index < -0.39 is 0 Å². The Labute approximate surface area is 173 Å². The predicted molar refractivity (Wildman–Crippen MR) is 114 cm³/mol. The van der Waals surface area contributed by atoms with Crippen molar-refractivity contribution >= 4 is 11.8 Å². The van der Waals surface area contributed by atoms with Crippen molar-refractivity contribution in [2.24, 2.45) is 5.92 Å². The van der Waals surface area contributed by atoms with E-state index in [9.17, 15) is 9.59 Å². The van der Waals surface area contributed by atoms with Crippen LogP contribution >= 0.6 is 0 Å². The van der Waals surface area contributed by atoms with Crippen molar-refractivity contribution < 1.29 is 9.59 Å². The highest BCUT2D eigenvalue weighted by Gasteiger charge is 2.23. The van der Waals surface area contributed by atoms with Gasteiger partial charge in [0.1, 0.15) is 0 Å².